The van der Waals surface area contributed by atoms with E-state index in [2.05, 4.69) is 20.8 Å². The van der Waals surface area contributed by atoms with Crippen LogP contribution in [0.5, 0.6) is 0 Å². The second kappa shape index (κ2) is 6.08. The van der Waals surface area contributed by atoms with Crippen LogP contribution in [0.15, 0.2) is 0 Å². The lowest BCUT2D eigenvalue weighted by Crippen LogP contribution is -2.49. The number of nitrogens with two attached hydrogens (primary N) is 1. The Morgan fingerprint density at radius 3 is 2.58 bits per heavy atom. The van der Waals surface area contributed by atoms with Crippen LogP contribution in [-0.4, -0.2) is 43.7 Å². The molecule has 2 heterocycles. The molecule has 2 saturated heterocycles. The van der Waals surface area contributed by atoms with Crippen molar-refractivity contribution in [3.05, 3.63) is 0 Å². The van der Waals surface area contributed by atoms with Crippen LogP contribution in [0.3, 0.4) is 0 Å². The monoisotopic (exact) mass is 271 g/mol. The first-order valence-corrected chi connectivity index (χ1v) is 7.52. The normalized spacial score (nSPS) is 29.4. The molecule has 4 nitrogen and oxygen atoms in total. The Hall–Kier alpha value is -0.160. The van der Waals surface area contributed by atoms with Gasteiger partial charge in [-0.2, -0.15) is 0 Å². The zero-order valence-electron chi connectivity index (χ0n) is 12.6. The second-order valence-corrected chi connectivity index (χ2v) is 6.98. The van der Waals surface area contributed by atoms with Gasteiger partial charge in [0.2, 0.25) is 0 Å². The highest BCUT2D eigenvalue weighted by Crippen LogP contribution is 2.38. The van der Waals surface area contributed by atoms with Gasteiger partial charge in [-0.3, -0.25) is 0 Å². The number of hydrogen-bond donors (Lipinski definition) is 1. The van der Waals surface area contributed by atoms with Gasteiger partial charge in [0, 0.05) is 25.9 Å². The molecule has 0 saturated carbocycles. The fourth-order valence-corrected chi connectivity index (χ4v) is 3.01. The summed E-state index contributed by atoms with van der Waals surface area (Å²) in [5.74, 6) is 0.509. The van der Waals surface area contributed by atoms with E-state index in [4.69, 9.17) is 19.9 Å². The van der Waals surface area contributed by atoms with Gasteiger partial charge in [0.05, 0.1) is 17.8 Å². The molecule has 2 fully saturated rings. The van der Waals surface area contributed by atoms with Crippen LogP contribution in [-0.2, 0) is 14.2 Å². The molecule has 0 aromatic heterocycles. The Morgan fingerprint density at radius 2 is 1.95 bits per heavy atom. The van der Waals surface area contributed by atoms with Gasteiger partial charge in [-0.15, -0.1) is 0 Å². The fourth-order valence-electron chi connectivity index (χ4n) is 3.01. The average molecular weight is 271 g/mol. The first-order valence-electron chi connectivity index (χ1n) is 7.52. The molecular formula is C15H29NO3. The predicted octanol–water partition coefficient (Wildman–Crippen LogP) is 2.10. The third-order valence-corrected chi connectivity index (χ3v) is 4.25. The van der Waals surface area contributed by atoms with E-state index in [-0.39, 0.29) is 17.2 Å². The summed E-state index contributed by atoms with van der Waals surface area (Å²) in [5, 5.41) is 0. The van der Waals surface area contributed by atoms with Gasteiger partial charge in [0.1, 0.15) is 0 Å². The molecule has 0 aliphatic carbocycles. The molecular weight excluding hydrogens is 242 g/mol. The van der Waals surface area contributed by atoms with E-state index in [0.29, 0.717) is 12.5 Å². The minimum absolute atomic E-state index is 0.0283. The van der Waals surface area contributed by atoms with E-state index in [1.807, 2.05) is 0 Å². The van der Waals surface area contributed by atoms with Gasteiger partial charge in [0.15, 0.2) is 0 Å². The van der Waals surface area contributed by atoms with Crippen LogP contribution in [0.2, 0.25) is 0 Å². The van der Waals surface area contributed by atoms with Crippen molar-refractivity contribution in [3.8, 4) is 0 Å². The minimum atomic E-state index is -0.112. The molecule has 2 N–H and O–H groups in total. The van der Waals surface area contributed by atoms with Crippen molar-refractivity contribution in [1.82, 2.24) is 0 Å². The van der Waals surface area contributed by atoms with Gasteiger partial charge in [-0.25, -0.2) is 0 Å². The van der Waals surface area contributed by atoms with Crippen molar-refractivity contribution in [1.29, 1.82) is 0 Å². The molecule has 0 bridgehead atoms. The summed E-state index contributed by atoms with van der Waals surface area (Å²) in [6, 6.07) is 0.114. The lowest BCUT2D eigenvalue weighted by atomic mass is 9.78. The smallest absolute Gasteiger partial charge is 0.0729 e. The maximum absolute atomic E-state index is 6.33. The molecule has 2 unspecified atom stereocenters. The number of rotatable bonds is 3. The Labute approximate surface area is 117 Å². The first-order chi connectivity index (χ1) is 8.90. The predicted molar refractivity (Wildman–Crippen MR) is 75.1 cm³/mol. The van der Waals surface area contributed by atoms with Crippen molar-refractivity contribution in [2.24, 2.45) is 11.7 Å². The number of ether oxygens (including phenoxy) is 3. The maximum atomic E-state index is 6.33. The van der Waals surface area contributed by atoms with Gasteiger partial charge >= 0.3 is 0 Å². The molecule has 0 aromatic rings. The van der Waals surface area contributed by atoms with E-state index in [1.165, 1.54) is 0 Å². The Morgan fingerprint density at radius 1 is 1.26 bits per heavy atom. The molecule has 4 heteroatoms. The summed E-state index contributed by atoms with van der Waals surface area (Å²) in [4.78, 5) is 0. The molecule has 19 heavy (non-hydrogen) atoms. The zero-order valence-corrected chi connectivity index (χ0v) is 12.6. The second-order valence-electron chi connectivity index (χ2n) is 6.98. The van der Waals surface area contributed by atoms with Crippen molar-refractivity contribution in [2.45, 2.75) is 63.7 Å². The summed E-state index contributed by atoms with van der Waals surface area (Å²) < 4.78 is 17.3. The molecule has 0 radical (unpaired) electrons. The maximum Gasteiger partial charge on any atom is 0.0729 e. The van der Waals surface area contributed by atoms with Crippen LogP contribution in [0.4, 0.5) is 0 Å². The van der Waals surface area contributed by atoms with Crippen molar-refractivity contribution in [2.75, 3.05) is 26.4 Å². The van der Waals surface area contributed by atoms with Crippen LogP contribution in [0, 0.1) is 5.92 Å². The average Bonchev–Trinajstić information content (AvgIpc) is 2.36. The third-order valence-electron chi connectivity index (χ3n) is 4.25. The lowest BCUT2D eigenvalue weighted by molar-refractivity contribution is -0.152. The number of hydrogen-bond acceptors (Lipinski definition) is 4. The molecule has 0 amide bonds. The van der Waals surface area contributed by atoms with E-state index in [1.54, 1.807) is 0 Å². The summed E-state index contributed by atoms with van der Waals surface area (Å²) in [5.41, 5.74) is 6.25. The quantitative estimate of drug-likeness (QED) is 0.854. The fraction of sp³-hybridized carbons (Fsp3) is 1.00. The van der Waals surface area contributed by atoms with Crippen molar-refractivity contribution >= 4 is 0 Å². The molecule has 2 rings (SSSR count). The Bertz CT molecular complexity index is 276. The summed E-state index contributed by atoms with van der Waals surface area (Å²) in [6.07, 6.45) is 4.13. The highest BCUT2D eigenvalue weighted by molar-refractivity contribution is 4.92. The van der Waals surface area contributed by atoms with Crippen molar-refractivity contribution in [3.63, 3.8) is 0 Å². The van der Waals surface area contributed by atoms with E-state index in [9.17, 15) is 0 Å². The first kappa shape index (κ1) is 15.2. The molecule has 112 valence electrons. The zero-order chi connectivity index (χ0) is 13.9. The molecule has 2 aliphatic heterocycles. The largest absolute Gasteiger partial charge is 0.381 e. The topological polar surface area (TPSA) is 53.7 Å². The van der Waals surface area contributed by atoms with Crippen molar-refractivity contribution < 1.29 is 14.2 Å². The summed E-state index contributed by atoms with van der Waals surface area (Å²) in [6.45, 7) is 9.33. The molecule has 0 aromatic carbocycles. The Kier molecular flexibility index (Phi) is 4.88. The summed E-state index contributed by atoms with van der Waals surface area (Å²) in [7, 11) is 0. The van der Waals surface area contributed by atoms with E-state index in [0.717, 1.165) is 45.5 Å². The minimum Gasteiger partial charge on any atom is -0.381 e. The van der Waals surface area contributed by atoms with Crippen LogP contribution >= 0.6 is 0 Å². The van der Waals surface area contributed by atoms with Crippen LogP contribution < -0.4 is 5.73 Å². The van der Waals surface area contributed by atoms with Gasteiger partial charge in [-0.05, 0) is 52.4 Å². The lowest BCUT2D eigenvalue weighted by Gasteiger charge is -2.44. The SMILES string of the molecule is CC(C)(C)OCC(N)C1CCOC2(CCOCC2)C1. The highest BCUT2D eigenvalue weighted by atomic mass is 16.5. The van der Waals surface area contributed by atoms with Crippen LogP contribution in [0.25, 0.3) is 0 Å². The molecule has 1 spiro atoms. The van der Waals surface area contributed by atoms with Gasteiger partial charge in [-0.1, -0.05) is 0 Å². The van der Waals surface area contributed by atoms with Crippen LogP contribution in [0.1, 0.15) is 46.5 Å². The molecule has 2 atom stereocenters. The molecule has 2 aliphatic rings. The van der Waals surface area contributed by atoms with Gasteiger partial charge in [0.25, 0.3) is 0 Å². The summed E-state index contributed by atoms with van der Waals surface area (Å²) >= 11 is 0. The third kappa shape index (κ3) is 4.42. The van der Waals surface area contributed by atoms with E-state index >= 15 is 0 Å². The Balaban J connectivity index is 1.86. The standard InChI is InChI=1S/C15H29NO3/c1-14(2,3)19-11-13(16)12-4-7-18-15(10-12)5-8-17-9-6-15/h12-13H,4-11,16H2,1-3H3. The highest BCUT2D eigenvalue weighted by Gasteiger charge is 2.40. The van der Waals surface area contributed by atoms with Gasteiger partial charge < -0.3 is 19.9 Å². The van der Waals surface area contributed by atoms with E-state index < -0.39 is 0 Å².